The molecule has 0 unspecified atom stereocenters. The van der Waals surface area contributed by atoms with Crippen molar-refractivity contribution < 1.29 is 14.3 Å². The molecule has 0 spiro atoms. The number of nitrogens with one attached hydrogen (secondary N) is 2. The van der Waals surface area contributed by atoms with Crippen LogP contribution in [-0.2, 0) is 0 Å². The van der Waals surface area contributed by atoms with Gasteiger partial charge in [0.05, 0.1) is 12.2 Å². The van der Waals surface area contributed by atoms with Gasteiger partial charge in [-0.1, -0.05) is 30.3 Å². The molecule has 2 atom stereocenters. The number of carbonyl (C=O) groups excluding carboxylic acids is 1. The molecule has 1 aromatic heterocycles. The maximum Gasteiger partial charge on any atom is 0.344 e. The number of carbonyl (C=O) groups is 1. The van der Waals surface area contributed by atoms with E-state index in [2.05, 4.69) is 10.6 Å². The predicted octanol–water partition coefficient (Wildman–Crippen LogP) is 2.33. The highest BCUT2D eigenvalue weighted by Gasteiger charge is 2.25. The molecule has 3 N–H and O–H groups in total. The Labute approximate surface area is 168 Å². The fourth-order valence-electron chi connectivity index (χ4n) is 3.43. The number of hydrogen-bond acceptors (Lipinski definition) is 5. The zero-order chi connectivity index (χ0) is 18.8. The molecule has 2 heterocycles. The van der Waals surface area contributed by atoms with Crippen molar-refractivity contribution in [1.82, 2.24) is 10.6 Å². The molecule has 0 bridgehead atoms. The molecule has 146 valence electrons. The van der Waals surface area contributed by atoms with E-state index in [0.29, 0.717) is 35.2 Å². The molecule has 1 amide bonds. The number of hydrogen-bond donors (Lipinski definition) is 3. The second-order valence-electron chi connectivity index (χ2n) is 6.76. The van der Waals surface area contributed by atoms with Gasteiger partial charge in [-0.2, -0.15) is 0 Å². The van der Waals surface area contributed by atoms with Gasteiger partial charge in [0, 0.05) is 29.6 Å². The normalized spacial score (nSPS) is 18.6. The molecular formula is C21H21ClN2O4. The van der Waals surface area contributed by atoms with Crippen LogP contribution in [0, 0.1) is 0 Å². The molecule has 0 aliphatic carbocycles. The summed E-state index contributed by atoms with van der Waals surface area (Å²) in [5, 5.41) is 16.1. The van der Waals surface area contributed by atoms with E-state index >= 15 is 0 Å². The minimum Gasteiger partial charge on any atom is -0.422 e. The molecule has 1 saturated heterocycles. The Morgan fingerprint density at radius 2 is 2.00 bits per heavy atom. The van der Waals surface area contributed by atoms with Crippen molar-refractivity contribution in [2.45, 2.75) is 18.5 Å². The molecular weight excluding hydrogens is 380 g/mol. The summed E-state index contributed by atoms with van der Waals surface area (Å²) >= 11 is 0. The second-order valence-corrected chi connectivity index (χ2v) is 6.76. The molecule has 3 aromatic rings. The van der Waals surface area contributed by atoms with Crippen molar-refractivity contribution in [1.29, 1.82) is 0 Å². The van der Waals surface area contributed by atoms with Gasteiger partial charge in [-0.05, 0) is 36.2 Å². The first-order valence-electron chi connectivity index (χ1n) is 8.92. The lowest BCUT2D eigenvalue weighted by Crippen LogP contribution is -2.36. The minimum atomic E-state index is -0.433. The first kappa shape index (κ1) is 20.1. The van der Waals surface area contributed by atoms with E-state index in [-0.39, 0.29) is 37.0 Å². The van der Waals surface area contributed by atoms with E-state index < -0.39 is 5.63 Å². The highest BCUT2D eigenvalue weighted by molar-refractivity contribution is 5.96. The fraction of sp³-hybridized carbons (Fsp3) is 0.238. The molecule has 4 rings (SSSR count). The van der Waals surface area contributed by atoms with Crippen LogP contribution in [0.3, 0.4) is 0 Å². The van der Waals surface area contributed by atoms with Gasteiger partial charge in [0.1, 0.15) is 5.58 Å². The van der Waals surface area contributed by atoms with Crippen LogP contribution in [0.25, 0.3) is 22.1 Å². The number of aliphatic hydroxyl groups excluding tert-OH is 1. The zero-order valence-corrected chi connectivity index (χ0v) is 15.9. The molecule has 1 fully saturated rings. The summed E-state index contributed by atoms with van der Waals surface area (Å²) in [6.45, 7) is 0.685. The Bertz CT molecular complexity index is 1050. The Hall–Kier alpha value is -2.67. The number of fused-ring (bicyclic) bond motifs is 1. The van der Waals surface area contributed by atoms with Gasteiger partial charge >= 0.3 is 5.63 Å². The van der Waals surface area contributed by atoms with Crippen LogP contribution >= 0.6 is 12.4 Å². The van der Waals surface area contributed by atoms with Crippen molar-refractivity contribution in [2.24, 2.45) is 0 Å². The molecule has 0 saturated carbocycles. The predicted molar refractivity (Wildman–Crippen MR) is 110 cm³/mol. The summed E-state index contributed by atoms with van der Waals surface area (Å²) in [7, 11) is 0. The highest BCUT2D eigenvalue weighted by atomic mass is 35.5. The number of aliphatic hydroxyl groups is 1. The number of rotatable bonds is 4. The Morgan fingerprint density at radius 3 is 2.79 bits per heavy atom. The Kier molecular flexibility index (Phi) is 6.14. The van der Waals surface area contributed by atoms with Crippen molar-refractivity contribution in [3.05, 3.63) is 70.6 Å². The van der Waals surface area contributed by atoms with E-state index in [1.807, 2.05) is 18.2 Å². The minimum absolute atomic E-state index is 0. The SMILES string of the molecule is Cl.O=C(N[C@H]1CN[C@H](CO)C1)c1cccc(-c2cc3ccccc3oc2=O)c1. The lowest BCUT2D eigenvalue weighted by Gasteiger charge is -2.12. The first-order chi connectivity index (χ1) is 13.1. The third-order valence-corrected chi connectivity index (χ3v) is 4.85. The quantitative estimate of drug-likeness (QED) is 0.585. The summed E-state index contributed by atoms with van der Waals surface area (Å²) in [6.07, 6.45) is 0.691. The maximum absolute atomic E-state index is 12.6. The number of benzene rings is 2. The molecule has 6 nitrogen and oxygen atoms in total. The first-order valence-corrected chi connectivity index (χ1v) is 8.92. The highest BCUT2D eigenvalue weighted by Crippen LogP contribution is 2.22. The van der Waals surface area contributed by atoms with E-state index in [1.165, 1.54) is 0 Å². The largest absolute Gasteiger partial charge is 0.422 e. The average Bonchev–Trinajstić information content (AvgIpc) is 3.15. The lowest BCUT2D eigenvalue weighted by atomic mass is 10.0. The Balaban J connectivity index is 0.00000225. The van der Waals surface area contributed by atoms with Crippen LogP contribution in [0.15, 0.2) is 63.8 Å². The van der Waals surface area contributed by atoms with Crippen LogP contribution in [0.5, 0.6) is 0 Å². The molecule has 2 aromatic carbocycles. The van der Waals surface area contributed by atoms with Crippen LogP contribution in [0.1, 0.15) is 16.8 Å². The van der Waals surface area contributed by atoms with Crippen LogP contribution in [-0.4, -0.2) is 36.2 Å². The Morgan fingerprint density at radius 1 is 1.18 bits per heavy atom. The van der Waals surface area contributed by atoms with E-state index in [0.717, 1.165) is 5.39 Å². The fourth-order valence-corrected chi connectivity index (χ4v) is 3.43. The topological polar surface area (TPSA) is 91.6 Å². The smallest absolute Gasteiger partial charge is 0.344 e. The molecule has 1 aliphatic rings. The van der Waals surface area contributed by atoms with E-state index in [1.54, 1.807) is 36.4 Å². The summed E-state index contributed by atoms with van der Waals surface area (Å²) in [6, 6.07) is 16.1. The van der Waals surface area contributed by atoms with E-state index in [4.69, 9.17) is 4.42 Å². The summed E-state index contributed by atoms with van der Waals surface area (Å²) in [4.78, 5) is 24.9. The summed E-state index contributed by atoms with van der Waals surface area (Å²) in [5.41, 5.74) is 1.64. The van der Waals surface area contributed by atoms with E-state index in [9.17, 15) is 14.7 Å². The van der Waals surface area contributed by atoms with Crippen molar-refractivity contribution >= 4 is 29.3 Å². The van der Waals surface area contributed by atoms with Crippen LogP contribution < -0.4 is 16.3 Å². The molecule has 28 heavy (non-hydrogen) atoms. The standard InChI is InChI=1S/C21H20N2O4.ClH/c24-12-17-10-16(11-22-17)23-20(25)15-6-3-5-13(8-15)18-9-14-4-1-2-7-19(14)27-21(18)26;/h1-9,16-17,22,24H,10-12H2,(H,23,25);1H/t16-,17+;/m1./s1. The van der Waals surface area contributed by atoms with Crippen LogP contribution in [0.4, 0.5) is 0 Å². The van der Waals surface area contributed by atoms with Gasteiger partial charge in [-0.15, -0.1) is 12.4 Å². The third-order valence-electron chi connectivity index (χ3n) is 4.85. The van der Waals surface area contributed by atoms with Gasteiger partial charge < -0.3 is 20.2 Å². The van der Waals surface area contributed by atoms with Gasteiger partial charge in [0.25, 0.3) is 5.91 Å². The molecule has 1 aliphatic heterocycles. The number of amides is 1. The van der Waals surface area contributed by atoms with Gasteiger partial charge in [0.15, 0.2) is 0 Å². The van der Waals surface area contributed by atoms with Crippen molar-refractivity contribution in [2.75, 3.05) is 13.2 Å². The maximum atomic E-state index is 12.6. The third kappa shape index (κ3) is 4.09. The lowest BCUT2D eigenvalue weighted by molar-refractivity contribution is 0.0939. The molecule has 7 heteroatoms. The van der Waals surface area contributed by atoms with Crippen molar-refractivity contribution in [3.8, 4) is 11.1 Å². The monoisotopic (exact) mass is 400 g/mol. The second kappa shape index (κ2) is 8.56. The number of para-hydroxylation sites is 1. The van der Waals surface area contributed by atoms with Gasteiger partial charge in [-0.3, -0.25) is 4.79 Å². The molecule has 0 radical (unpaired) electrons. The summed E-state index contributed by atoms with van der Waals surface area (Å²) in [5.74, 6) is -0.201. The average molecular weight is 401 g/mol. The summed E-state index contributed by atoms with van der Waals surface area (Å²) < 4.78 is 5.39. The van der Waals surface area contributed by atoms with Crippen molar-refractivity contribution in [3.63, 3.8) is 0 Å². The van der Waals surface area contributed by atoms with Gasteiger partial charge in [-0.25, -0.2) is 4.79 Å². The van der Waals surface area contributed by atoms with Gasteiger partial charge in [0.2, 0.25) is 0 Å². The number of halogens is 1. The zero-order valence-electron chi connectivity index (χ0n) is 15.1. The van der Waals surface area contributed by atoms with Crippen LogP contribution in [0.2, 0.25) is 0 Å².